The van der Waals surface area contributed by atoms with Crippen molar-refractivity contribution in [3.63, 3.8) is 0 Å². The third-order valence-corrected chi connectivity index (χ3v) is 6.04. The number of amides is 1. The quantitative estimate of drug-likeness (QED) is 0.385. The van der Waals surface area contributed by atoms with Crippen LogP contribution in [-0.4, -0.2) is 23.2 Å². The number of carbonyl (C=O) groups is 2. The molecule has 0 bridgehead atoms. The number of nitrogens with one attached hydrogen (secondary N) is 1. The van der Waals surface area contributed by atoms with Gasteiger partial charge < -0.3 is 4.74 Å². The maximum atomic E-state index is 12.8. The van der Waals surface area contributed by atoms with Crippen LogP contribution in [0.15, 0.2) is 24.3 Å². The Labute approximate surface area is 162 Å². The zero-order valence-electron chi connectivity index (χ0n) is 16.8. The third-order valence-electron chi connectivity index (χ3n) is 6.04. The highest BCUT2D eigenvalue weighted by molar-refractivity contribution is 5.77. The van der Waals surface area contributed by atoms with Crippen LogP contribution in [-0.2, 0) is 27.2 Å². The number of esters is 1. The largest absolute Gasteiger partial charge is 0.462 e. The summed E-state index contributed by atoms with van der Waals surface area (Å²) in [5, 5.41) is 8.54. The van der Waals surface area contributed by atoms with Crippen molar-refractivity contribution in [3.05, 3.63) is 35.4 Å². The SMILES string of the molecule is CC(C)[C@](C)(CCc1ccc(CCC(=O)NO)cc1)C(=O)OC1CCCC1. The fraction of sp³-hybridized carbons (Fsp3) is 0.636. The molecule has 1 saturated carbocycles. The zero-order chi connectivity index (χ0) is 19.9. The minimum Gasteiger partial charge on any atom is -0.462 e. The van der Waals surface area contributed by atoms with E-state index in [1.54, 1.807) is 5.48 Å². The molecule has 0 spiro atoms. The molecule has 0 aromatic heterocycles. The summed E-state index contributed by atoms with van der Waals surface area (Å²) in [4.78, 5) is 23.9. The van der Waals surface area contributed by atoms with Crippen molar-refractivity contribution < 1.29 is 19.5 Å². The van der Waals surface area contributed by atoms with Crippen molar-refractivity contribution in [2.45, 2.75) is 78.2 Å². The molecular formula is C22H33NO4. The first kappa shape index (κ1) is 21.4. The number of hydrogen-bond donors (Lipinski definition) is 2. The monoisotopic (exact) mass is 375 g/mol. The Morgan fingerprint density at radius 2 is 1.70 bits per heavy atom. The third kappa shape index (κ3) is 6.06. The second-order valence-electron chi connectivity index (χ2n) is 8.24. The van der Waals surface area contributed by atoms with Gasteiger partial charge in [-0.15, -0.1) is 0 Å². The van der Waals surface area contributed by atoms with Gasteiger partial charge in [0.1, 0.15) is 6.10 Å². The maximum absolute atomic E-state index is 12.8. The molecule has 1 aliphatic carbocycles. The Hall–Kier alpha value is -1.88. The maximum Gasteiger partial charge on any atom is 0.312 e. The van der Waals surface area contributed by atoms with Gasteiger partial charge >= 0.3 is 5.97 Å². The van der Waals surface area contributed by atoms with Crippen molar-refractivity contribution in [3.8, 4) is 0 Å². The zero-order valence-corrected chi connectivity index (χ0v) is 16.8. The summed E-state index contributed by atoms with van der Waals surface area (Å²) in [6.45, 7) is 6.20. The molecule has 0 radical (unpaired) electrons. The minimum absolute atomic E-state index is 0.0592. The van der Waals surface area contributed by atoms with E-state index in [-0.39, 0.29) is 30.3 Å². The fourth-order valence-electron chi connectivity index (χ4n) is 3.51. The Bertz CT molecular complexity index is 620. The van der Waals surface area contributed by atoms with E-state index in [9.17, 15) is 9.59 Å². The lowest BCUT2D eigenvalue weighted by Gasteiger charge is -2.32. The van der Waals surface area contributed by atoms with Crippen LogP contribution in [0.4, 0.5) is 0 Å². The van der Waals surface area contributed by atoms with E-state index in [0.29, 0.717) is 6.42 Å². The van der Waals surface area contributed by atoms with E-state index < -0.39 is 5.41 Å². The van der Waals surface area contributed by atoms with Gasteiger partial charge in [0.15, 0.2) is 0 Å². The molecule has 5 heteroatoms. The van der Waals surface area contributed by atoms with Crippen LogP contribution < -0.4 is 5.48 Å². The van der Waals surface area contributed by atoms with E-state index in [0.717, 1.165) is 44.1 Å². The molecule has 1 aromatic carbocycles. The van der Waals surface area contributed by atoms with Crippen LogP contribution >= 0.6 is 0 Å². The van der Waals surface area contributed by atoms with Gasteiger partial charge in [0.05, 0.1) is 5.41 Å². The van der Waals surface area contributed by atoms with E-state index in [1.165, 1.54) is 5.56 Å². The molecule has 5 nitrogen and oxygen atoms in total. The van der Waals surface area contributed by atoms with Gasteiger partial charge in [0.2, 0.25) is 5.91 Å². The van der Waals surface area contributed by atoms with Gasteiger partial charge in [0, 0.05) is 6.42 Å². The molecule has 1 fully saturated rings. The Morgan fingerprint density at radius 1 is 1.15 bits per heavy atom. The summed E-state index contributed by atoms with van der Waals surface area (Å²) in [6, 6.07) is 8.11. The number of hydrogen-bond acceptors (Lipinski definition) is 4. The average Bonchev–Trinajstić information content (AvgIpc) is 3.17. The van der Waals surface area contributed by atoms with E-state index in [4.69, 9.17) is 9.94 Å². The van der Waals surface area contributed by atoms with Crippen molar-refractivity contribution in [2.24, 2.45) is 11.3 Å². The van der Waals surface area contributed by atoms with Crippen LogP contribution in [0, 0.1) is 11.3 Å². The summed E-state index contributed by atoms with van der Waals surface area (Å²) in [5.41, 5.74) is 3.38. The molecule has 150 valence electrons. The summed E-state index contributed by atoms with van der Waals surface area (Å²) in [7, 11) is 0. The Kier molecular flexibility index (Phi) is 7.84. The molecule has 2 rings (SSSR count). The second kappa shape index (κ2) is 9.88. The van der Waals surface area contributed by atoms with Crippen LogP contribution in [0.3, 0.4) is 0 Å². The summed E-state index contributed by atoms with van der Waals surface area (Å²) < 4.78 is 5.81. The first-order valence-electron chi connectivity index (χ1n) is 10.1. The van der Waals surface area contributed by atoms with Gasteiger partial charge in [0.25, 0.3) is 0 Å². The molecule has 1 aliphatic rings. The highest BCUT2D eigenvalue weighted by Gasteiger charge is 2.39. The summed E-state index contributed by atoms with van der Waals surface area (Å²) in [6.07, 6.45) is 6.81. The predicted octanol–water partition coefficient (Wildman–Crippen LogP) is 4.21. The van der Waals surface area contributed by atoms with Crippen molar-refractivity contribution >= 4 is 11.9 Å². The number of rotatable bonds is 9. The number of benzene rings is 1. The fourth-order valence-corrected chi connectivity index (χ4v) is 3.51. The van der Waals surface area contributed by atoms with Gasteiger partial charge in [-0.3, -0.25) is 14.8 Å². The number of hydroxylamine groups is 1. The van der Waals surface area contributed by atoms with Crippen molar-refractivity contribution in [1.29, 1.82) is 0 Å². The first-order chi connectivity index (χ1) is 12.8. The summed E-state index contributed by atoms with van der Waals surface area (Å²) in [5.74, 6) is -0.230. The molecular weight excluding hydrogens is 342 g/mol. The number of carbonyl (C=O) groups excluding carboxylic acids is 2. The molecule has 2 N–H and O–H groups in total. The topological polar surface area (TPSA) is 75.6 Å². The highest BCUT2D eigenvalue weighted by Crippen LogP contribution is 2.36. The van der Waals surface area contributed by atoms with E-state index >= 15 is 0 Å². The Morgan fingerprint density at radius 3 is 2.22 bits per heavy atom. The van der Waals surface area contributed by atoms with Crippen LogP contribution in [0.1, 0.15) is 70.4 Å². The van der Waals surface area contributed by atoms with E-state index in [2.05, 4.69) is 26.0 Å². The molecule has 1 amide bonds. The molecule has 27 heavy (non-hydrogen) atoms. The van der Waals surface area contributed by atoms with Crippen LogP contribution in [0.5, 0.6) is 0 Å². The number of ether oxygens (including phenoxy) is 1. The molecule has 0 unspecified atom stereocenters. The minimum atomic E-state index is -0.486. The van der Waals surface area contributed by atoms with Gasteiger partial charge in [-0.25, -0.2) is 5.48 Å². The predicted molar refractivity (Wildman–Crippen MR) is 104 cm³/mol. The first-order valence-corrected chi connectivity index (χ1v) is 10.1. The standard InChI is InChI=1S/C22H33NO4/c1-16(2)22(3,21(25)27-19-6-4-5-7-19)15-14-18-10-8-17(9-11-18)12-13-20(24)23-26/h8-11,16,19,26H,4-7,12-15H2,1-3H3,(H,23,24)/t22-/m0/s1. The van der Waals surface area contributed by atoms with Gasteiger partial charge in [-0.05, 0) is 68.9 Å². The average molecular weight is 376 g/mol. The normalized spacial score (nSPS) is 16.9. The lowest BCUT2D eigenvalue weighted by Crippen LogP contribution is -2.37. The molecule has 1 atom stereocenters. The molecule has 0 saturated heterocycles. The summed E-state index contributed by atoms with van der Waals surface area (Å²) >= 11 is 0. The van der Waals surface area contributed by atoms with Crippen molar-refractivity contribution in [1.82, 2.24) is 5.48 Å². The van der Waals surface area contributed by atoms with Crippen LogP contribution in [0.25, 0.3) is 0 Å². The van der Waals surface area contributed by atoms with Gasteiger partial charge in [-0.1, -0.05) is 38.1 Å². The van der Waals surface area contributed by atoms with Crippen molar-refractivity contribution in [2.75, 3.05) is 0 Å². The lowest BCUT2D eigenvalue weighted by atomic mass is 9.74. The number of aryl methyl sites for hydroxylation is 2. The smallest absolute Gasteiger partial charge is 0.312 e. The second-order valence-corrected chi connectivity index (χ2v) is 8.24. The molecule has 0 aliphatic heterocycles. The molecule has 1 aromatic rings. The molecule has 0 heterocycles. The van der Waals surface area contributed by atoms with Crippen LogP contribution in [0.2, 0.25) is 0 Å². The highest BCUT2D eigenvalue weighted by atomic mass is 16.5. The van der Waals surface area contributed by atoms with Gasteiger partial charge in [-0.2, -0.15) is 0 Å². The lowest BCUT2D eigenvalue weighted by molar-refractivity contribution is -0.163. The Balaban J connectivity index is 1.92. The van der Waals surface area contributed by atoms with E-state index in [1.807, 2.05) is 19.1 Å².